The van der Waals surface area contributed by atoms with Gasteiger partial charge in [0.05, 0.1) is 0 Å². The molecule has 0 saturated carbocycles. The average molecular weight is 264 g/mol. The molecule has 0 bridgehead atoms. The van der Waals surface area contributed by atoms with Crippen LogP contribution in [0.1, 0.15) is 46.1 Å². The van der Waals surface area contributed by atoms with Crippen molar-refractivity contribution in [1.82, 2.24) is 15.3 Å². The van der Waals surface area contributed by atoms with E-state index in [1.54, 1.807) is 0 Å². The molecule has 0 aliphatic carbocycles. The number of hydrogen-bond acceptors (Lipinski definition) is 4. The molecule has 4 nitrogen and oxygen atoms in total. The molecule has 1 aromatic rings. The summed E-state index contributed by atoms with van der Waals surface area (Å²) in [6, 6.07) is 0.462. The minimum Gasteiger partial charge on any atom is -0.341 e. The van der Waals surface area contributed by atoms with Crippen LogP contribution in [0.3, 0.4) is 0 Å². The first-order chi connectivity index (χ1) is 9.04. The highest BCUT2D eigenvalue weighted by molar-refractivity contribution is 5.29. The minimum atomic E-state index is 0.462. The molecule has 1 heterocycles. The number of anilines is 1. The van der Waals surface area contributed by atoms with Crippen LogP contribution in [0.4, 0.5) is 5.95 Å². The van der Waals surface area contributed by atoms with E-state index in [0.717, 1.165) is 37.4 Å². The summed E-state index contributed by atoms with van der Waals surface area (Å²) in [6.07, 6.45) is 6.14. The third-order valence-corrected chi connectivity index (χ3v) is 3.24. The molecule has 1 aromatic heterocycles. The third-order valence-electron chi connectivity index (χ3n) is 3.24. The van der Waals surface area contributed by atoms with E-state index in [-0.39, 0.29) is 0 Å². The molecular formula is C15H28N4. The van der Waals surface area contributed by atoms with Crippen LogP contribution in [0.5, 0.6) is 0 Å². The van der Waals surface area contributed by atoms with Crippen molar-refractivity contribution in [3.63, 3.8) is 0 Å². The minimum absolute atomic E-state index is 0.462. The standard InChI is InChI=1S/C15H28N4/c1-6-7-16-9-14-10-17-15(18-11-14)19(5)13(4)8-12(2)3/h10-13,16H,6-9H2,1-5H3. The van der Waals surface area contributed by atoms with E-state index < -0.39 is 0 Å². The Kier molecular flexibility index (Phi) is 6.78. The second kappa shape index (κ2) is 8.10. The van der Waals surface area contributed by atoms with Crippen LogP contribution in [0.25, 0.3) is 0 Å². The molecule has 19 heavy (non-hydrogen) atoms. The number of hydrogen-bond donors (Lipinski definition) is 1. The first kappa shape index (κ1) is 15.9. The van der Waals surface area contributed by atoms with Crippen molar-refractivity contribution in [2.45, 2.75) is 53.1 Å². The summed E-state index contributed by atoms with van der Waals surface area (Å²) in [5.41, 5.74) is 1.14. The molecule has 1 N–H and O–H groups in total. The van der Waals surface area contributed by atoms with Crippen LogP contribution in [0, 0.1) is 5.92 Å². The van der Waals surface area contributed by atoms with Gasteiger partial charge in [0.25, 0.3) is 0 Å². The lowest BCUT2D eigenvalue weighted by atomic mass is 10.0. The molecule has 0 fully saturated rings. The van der Waals surface area contributed by atoms with Gasteiger partial charge in [0.2, 0.25) is 5.95 Å². The first-order valence-corrected chi connectivity index (χ1v) is 7.29. The van der Waals surface area contributed by atoms with Gasteiger partial charge in [0.1, 0.15) is 0 Å². The molecule has 0 spiro atoms. The van der Waals surface area contributed by atoms with E-state index in [1.807, 2.05) is 12.4 Å². The summed E-state index contributed by atoms with van der Waals surface area (Å²) in [7, 11) is 2.07. The predicted molar refractivity (Wildman–Crippen MR) is 81.3 cm³/mol. The molecule has 0 saturated heterocycles. The van der Waals surface area contributed by atoms with Crippen molar-refractivity contribution in [2.75, 3.05) is 18.5 Å². The van der Waals surface area contributed by atoms with Crippen LogP contribution in [-0.4, -0.2) is 29.6 Å². The lowest BCUT2D eigenvalue weighted by Crippen LogP contribution is -2.31. The Morgan fingerprint density at radius 1 is 1.21 bits per heavy atom. The average Bonchev–Trinajstić information content (AvgIpc) is 2.38. The third kappa shape index (κ3) is 5.55. The summed E-state index contributed by atoms with van der Waals surface area (Å²) >= 11 is 0. The van der Waals surface area contributed by atoms with Gasteiger partial charge in [0, 0.05) is 37.6 Å². The van der Waals surface area contributed by atoms with E-state index in [4.69, 9.17) is 0 Å². The molecule has 1 rings (SSSR count). The molecule has 0 aliphatic heterocycles. The fraction of sp³-hybridized carbons (Fsp3) is 0.733. The van der Waals surface area contributed by atoms with Crippen LogP contribution < -0.4 is 10.2 Å². The Bertz CT molecular complexity index is 348. The molecule has 0 aliphatic rings. The van der Waals surface area contributed by atoms with Gasteiger partial charge in [-0.15, -0.1) is 0 Å². The van der Waals surface area contributed by atoms with Gasteiger partial charge in [-0.25, -0.2) is 9.97 Å². The Balaban J connectivity index is 2.54. The Morgan fingerprint density at radius 3 is 2.37 bits per heavy atom. The Labute approximate surface area is 117 Å². The SMILES string of the molecule is CCCNCc1cnc(N(C)C(C)CC(C)C)nc1. The highest BCUT2D eigenvalue weighted by Crippen LogP contribution is 2.14. The maximum absolute atomic E-state index is 4.46. The van der Waals surface area contributed by atoms with Crippen molar-refractivity contribution >= 4 is 5.95 Å². The van der Waals surface area contributed by atoms with Crippen molar-refractivity contribution < 1.29 is 0 Å². The number of aromatic nitrogens is 2. The van der Waals surface area contributed by atoms with Gasteiger partial charge in [-0.2, -0.15) is 0 Å². The van der Waals surface area contributed by atoms with Crippen LogP contribution >= 0.6 is 0 Å². The summed E-state index contributed by atoms with van der Waals surface area (Å²) < 4.78 is 0. The maximum atomic E-state index is 4.46. The Morgan fingerprint density at radius 2 is 1.84 bits per heavy atom. The van der Waals surface area contributed by atoms with Crippen molar-refractivity contribution in [3.8, 4) is 0 Å². The van der Waals surface area contributed by atoms with E-state index in [9.17, 15) is 0 Å². The van der Waals surface area contributed by atoms with Gasteiger partial charge < -0.3 is 10.2 Å². The molecule has 1 atom stereocenters. The molecular weight excluding hydrogens is 236 g/mol. The van der Waals surface area contributed by atoms with Crippen molar-refractivity contribution in [1.29, 1.82) is 0 Å². The number of nitrogens with one attached hydrogen (secondary N) is 1. The van der Waals surface area contributed by atoms with E-state index >= 15 is 0 Å². The lowest BCUT2D eigenvalue weighted by molar-refractivity contribution is 0.499. The van der Waals surface area contributed by atoms with E-state index in [0.29, 0.717) is 12.0 Å². The first-order valence-electron chi connectivity index (χ1n) is 7.29. The summed E-state index contributed by atoms with van der Waals surface area (Å²) in [5, 5.41) is 3.36. The highest BCUT2D eigenvalue weighted by atomic mass is 15.2. The maximum Gasteiger partial charge on any atom is 0.225 e. The van der Waals surface area contributed by atoms with Gasteiger partial charge >= 0.3 is 0 Å². The van der Waals surface area contributed by atoms with Gasteiger partial charge in [-0.3, -0.25) is 0 Å². The second-order valence-corrected chi connectivity index (χ2v) is 5.66. The largest absolute Gasteiger partial charge is 0.341 e. The van der Waals surface area contributed by atoms with Gasteiger partial charge in [-0.1, -0.05) is 20.8 Å². The topological polar surface area (TPSA) is 41.1 Å². The number of rotatable bonds is 8. The fourth-order valence-electron chi connectivity index (χ4n) is 2.07. The summed E-state index contributed by atoms with van der Waals surface area (Å²) in [6.45, 7) is 10.8. The summed E-state index contributed by atoms with van der Waals surface area (Å²) in [4.78, 5) is 11.1. The van der Waals surface area contributed by atoms with Crippen molar-refractivity contribution in [2.24, 2.45) is 5.92 Å². The van der Waals surface area contributed by atoms with Crippen LogP contribution in [0.2, 0.25) is 0 Å². The van der Waals surface area contributed by atoms with Crippen LogP contribution in [0.15, 0.2) is 12.4 Å². The molecule has 1 unspecified atom stereocenters. The predicted octanol–water partition coefficient (Wildman–Crippen LogP) is 2.85. The monoisotopic (exact) mass is 264 g/mol. The highest BCUT2D eigenvalue weighted by Gasteiger charge is 2.13. The smallest absolute Gasteiger partial charge is 0.225 e. The molecule has 0 aromatic carbocycles. The van der Waals surface area contributed by atoms with Gasteiger partial charge in [0.15, 0.2) is 0 Å². The quantitative estimate of drug-likeness (QED) is 0.733. The molecule has 0 amide bonds. The molecule has 4 heteroatoms. The van der Waals surface area contributed by atoms with Crippen molar-refractivity contribution in [3.05, 3.63) is 18.0 Å². The zero-order valence-electron chi connectivity index (χ0n) is 13.0. The zero-order chi connectivity index (χ0) is 14.3. The normalized spacial score (nSPS) is 12.7. The van der Waals surface area contributed by atoms with Crippen LogP contribution in [-0.2, 0) is 6.54 Å². The summed E-state index contributed by atoms with van der Waals surface area (Å²) in [5.74, 6) is 1.50. The van der Waals surface area contributed by atoms with E-state index in [1.165, 1.54) is 0 Å². The van der Waals surface area contributed by atoms with E-state index in [2.05, 4.69) is 54.9 Å². The van der Waals surface area contributed by atoms with Gasteiger partial charge in [-0.05, 0) is 32.2 Å². The molecule has 0 radical (unpaired) electrons. The fourth-order valence-corrected chi connectivity index (χ4v) is 2.07. The zero-order valence-corrected chi connectivity index (χ0v) is 13.0. The Hall–Kier alpha value is -1.16. The lowest BCUT2D eigenvalue weighted by Gasteiger charge is -2.26. The number of nitrogens with zero attached hydrogens (tertiary/aromatic N) is 3. The molecule has 108 valence electrons. The second-order valence-electron chi connectivity index (χ2n) is 5.66.